The van der Waals surface area contributed by atoms with Gasteiger partial charge >= 0.3 is 0 Å². The average Bonchev–Trinajstić information content (AvgIpc) is 2.60. The number of rotatable bonds is 5. The van der Waals surface area contributed by atoms with Crippen LogP contribution in [0.4, 0.5) is 4.39 Å². The first-order valence-corrected chi connectivity index (χ1v) is 8.58. The van der Waals surface area contributed by atoms with Crippen LogP contribution in [0.2, 0.25) is 5.02 Å². The van der Waals surface area contributed by atoms with Gasteiger partial charge < -0.3 is 14.6 Å². The molecule has 0 bridgehead atoms. The van der Waals surface area contributed by atoms with Crippen LogP contribution in [0.25, 0.3) is 0 Å². The average molecular weight is 366 g/mol. The lowest BCUT2D eigenvalue weighted by molar-refractivity contribution is -0.0283. The SMILES string of the molecule is COc1cc(F)ccc1O[C@@H]1CCN(Cc2ccc(Cl)cc2)C[C@H]1O. The molecule has 0 unspecified atom stereocenters. The fourth-order valence-electron chi connectivity index (χ4n) is 3.01. The number of β-amino-alcohol motifs (C(OH)–C–C–N with tert-alkyl or cyclic N) is 1. The fourth-order valence-corrected chi connectivity index (χ4v) is 3.13. The highest BCUT2D eigenvalue weighted by molar-refractivity contribution is 6.30. The molecule has 1 fully saturated rings. The number of hydrogen-bond acceptors (Lipinski definition) is 4. The van der Waals surface area contributed by atoms with Crippen molar-refractivity contribution in [2.75, 3.05) is 20.2 Å². The molecule has 134 valence electrons. The van der Waals surface area contributed by atoms with Crippen LogP contribution in [-0.4, -0.2) is 42.4 Å². The molecular weight excluding hydrogens is 345 g/mol. The van der Waals surface area contributed by atoms with E-state index in [1.807, 2.05) is 24.3 Å². The summed E-state index contributed by atoms with van der Waals surface area (Å²) in [4.78, 5) is 2.18. The summed E-state index contributed by atoms with van der Waals surface area (Å²) in [6, 6.07) is 11.8. The maximum Gasteiger partial charge on any atom is 0.163 e. The minimum atomic E-state index is -0.629. The van der Waals surface area contributed by atoms with Gasteiger partial charge in [-0.25, -0.2) is 4.39 Å². The molecule has 1 heterocycles. The minimum absolute atomic E-state index is 0.329. The Balaban J connectivity index is 1.59. The van der Waals surface area contributed by atoms with Crippen molar-refractivity contribution in [1.29, 1.82) is 0 Å². The molecular formula is C19H21ClFNO3. The largest absolute Gasteiger partial charge is 0.493 e. The Kier molecular flexibility index (Phi) is 5.78. The number of halogens is 2. The molecule has 2 aromatic rings. The number of hydrogen-bond donors (Lipinski definition) is 1. The van der Waals surface area contributed by atoms with Gasteiger partial charge in [-0.05, 0) is 36.2 Å². The van der Waals surface area contributed by atoms with Gasteiger partial charge in [-0.1, -0.05) is 23.7 Å². The van der Waals surface area contributed by atoms with Crippen molar-refractivity contribution in [3.05, 3.63) is 58.9 Å². The number of aliphatic hydroxyl groups is 1. The van der Waals surface area contributed by atoms with E-state index < -0.39 is 6.10 Å². The number of ether oxygens (including phenoxy) is 2. The van der Waals surface area contributed by atoms with Gasteiger partial charge in [0, 0.05) is 30.7 Å². The quantitative estimate of drug-likeness (QED) is 0.880. The smallest absolute Gasteiger partial charge is 0.163 e. The Morgan fingerprint density at radius 1 is 1.20 bits per heavy atom. The van der Waals surface area contributed by atoms with Gasteiger partial charge in [-0.3, -0.25) is 4.90 Å². The second-order valence-corrected chi connectivity index (χ2v) is 6.61. The highest BCUT2D eigenvalue weighted by Gasteiger charge is 2.30. The van der Waals surface area contributed by atoms with E-state index in [9.17, 15) is 9.50 Å². The Bertz CT molecular complexity index is 710. The summed E-state index contributed by atoms with van der Waals surface area (Å²) in [7, 11) is 1.47. The van der Waals surface area contributed by atoms with Gasteiger partial charge in [0.05, 0.1) is 7.11 Å². The zero-order valence-corrected chi connectivity index (χ0v) is 14.7. The highest BCUT2D eigenvalue weighted by Crippen LogP contribution is 2.30. The number of piperidine rings is 1. The Hall–Kier alpha value is -1.82. The third-order valence-electron chi connectivity index (χ3n) is 4.33. The van der Waals surface area contributed by atoms with E-state index in [0.717, 1.165) is 18.7 Å². The predicted octanol–water partition coefficient (Wildman–Crippen LogP) is 3.50. The lowest BCUT2D eigenvalue weighted by Crippen LogP contribution is -2.48. The predicted molar refractivity (Wildman–Crippen MR) is 94.7 cm³/mol. The van der Waals surface area contributed by atoms with Crippen LogP contribution >= 0.6 is 11.6 Å². The van der Waals surface area contributed by atoms with Gasteiger partial charge in [-0.15, -0.1) is 0 Å². The molecule has 6 heteroatoms. The maximum absolute atomic E-state index is 13.3. The molecule has 4 nitrogen and oxygen atoms in total. The van der Waals surface area contributed by atoms with Crippen LogP contribution in [-0.2, 0) is 6.54 Å². The van der Waals surface area contributed by atoms with E-state index in [-0.39, 0.29) is 11.9 Å². The lowest BCUT2D eigenvalue weighted by atomic mass is 10.0. The maximum atomic E-state index is 13.3. The van der Waals surface area contributed by atoms with Crippen molar-refractivity contribution in [3.63, 3.8) is 0 Å². The van der Waals surface area contributed by atoms with E-state index in [1.54, 1.807) is 0 Å². The van der Waals surface area contributed by atoms with Gasteiger partial charge in [0.25, 0.3) is 0 Å². The number of methoxy groups -OCH3 is 1. The summed E-state index contributed by atoms with van der Waals surface area (Å²) in [5.41, 5.74) is 1.15. The van der Waals surface area contributed by atoms with Crippen molar-refractivity contribution in [2.45, 2.75) is 25.2 Å². The molecule has 0 radical (unpaired) electrons. The van der Waals surface area contributed by atoms with Crippen LogP contribution in [0.1, 0.15) is 12.0 Å². The van der Waals surface area contributed by atoms with E-state index in [1.165, 1.54) is 25.3 Å². The van der Waals surface area contributed by atoms with E-state index in [0.29, 0.717) is 29.5 Å². The molecule has 1 N–H and O–H groups in total. The molecule has 0 aromatic heterocycles. The molecule has 0 saturated carbocycles. The normalized spacial score (nSPS) is 21.1. The topological polar surface area (TPSA) is 41.9 Å². The second-order valence-electron chi connectivity index (χ2n) is 6.17. The van der Waals surface area contributed by atoms with Crippen molar-refractivity contribution >= 4 is 11.6 Å². The standard InChI is InChI=1S/C19H21ClFNO3/c1-24-19-10-15(21)6-7-18(19)25-17-8-9-22(12-16(17)23)11-13-2-4-14(20)5-3-13/h2-7,10,16-17,23H,8-9,11-12H2,1H3/t16-,17-/m1/s1. The Labute approximate surface area is 151 Å². The minimum Gasteiger partial charge on any atom is -0.493 e. The van der Waals surface area contributed by atoms with Crippen LogP contribution in [0.15, 0.2) is 42.5 Å². The first kappa shape index (κ1) is 18.0. The van der Waals surface area contributed by atoms with Crippen LogP contribution in [0.5, 0.6) is 11.5 Å². The van der Waals surface area contributed by atoms with Crippen molar-refractivity contribution in [3.8, 4) is 11.5 Å². The second kappa shape index (κ2) is 8.04. The molecule has 1 aliphatic heterocycles. The molecule has 25 heavy (non-hydrogen) atoms. The third kappa shape index (κ3) is 4.63. The molecule has 1 aliphatic rings. The molecule has 2 atom stereocenters. The van der Waals surface area contributed by atoms with Gasteiger partial charge in [0.15, 0.2) is 11.5 Å². The molecule has 0 amide bonds. The summed E-state index contributed by atoms with van der Waals surface area (Å²) < 4.78 is 24.3. The summed E-state index contributed by atoms with van der Waals surface area (Å²) >= 11 is 5.90. The molecule has 0 aliphatic carbocycles. The van der Waals surface area contributed by atoms with E-state index in [4.69, 9.17) is 21.1 Å². The lowest BCUT2D eigenvalue weighted by Gasteiger charge is -2.36. The van der Waals surface area contributed by atoms with Crippen molar-refractivity contribution in [1.82, 2.24) is 4.90 Å². The fraction of sp³-hybridized carbons (Fsp3) is 0.368. The molecule has 1 saturated heterocycles. The number of benzene rings is 2. The summed E-state index contributed by atoms with van der Waals surface area (Å²) in [5, 5.41) is 11.2. The zero-order chi connectivity index (χ0) is 17.8. The third-order valence-corrected chi connectivity index (χ3v) is 4.58. The molecule has 3 rings (SSSR count). The van der Waals surface area contributed by atoms with Gasteiger partial charge in [0.1, 0.15) is 18.0 Å². The van der Waals surface area contributed by atoms with Crippen LogP contribution in [0, 0.1) is 5.82 Å². The van der Waals surface area contributed by atoms with Crippen molar-refractivity contribution in [2.24, 2.45) is 0 Å². The summed E-state index contributed by atoms with van der Waals surface area (Å²) in [5.74, 6) is 0.387. The number of likely N-dealkylation sites (tertiary alicyclic amines) is 1. The summed E-state index contributed by atoms with van der Waals surface area (Å²) in [6.07, 6.45) is -0.299. The molecule has 0 spiro atoms. The summed E-state index contributed by atoms with van der Waals surface area (Å²) in [6.45, 7) is 2.06. The van der Waals surface area contributed by atoms with E-state index in [2.05, 4.69) is 4.90 Å². The number of nitrogens with zero attached hydrogens (tertiary/aromatic N) is 1. The first-order valence-electron chi connectivity index (χ1n) is 8.20. The van der Waals surface area contributed by atoms with Crippen molar-refractivity contribution < 1.29 is 19.0 Å². The Morgan fingerprint density at radius 2 is 1.96 bits per heavy atom. The van der Waals surface area contributed by atoms with E-state index >= 15 is 0 Å². The molecule has 2 aromatic carbocycles. The van der Waals surface area contributed by atoms with Gasteiger partial charge in [-0.2, -0.15) is 0 Å². The van der Waals surface area contributed by atoms with Crippen LogP contribution in [0.3, 0.4) is 0 Å². The van der Waals surface area contributed by atoms with Crippen LogP contribution < -0.4 is 9.47 Å². The zero-order valence-electron chi connectivity index (χ0n) is 14.0. The highest BCUT2D eigenvalue weighted by atomic mass is 35.5. The first-order chi connectivity index (χ1) is 12.0. The monoisotopic (exact) mass is 365 g/mol. The van der Waals surface area contributed by atoms with Gasteiger partial charge in [0.2, 0.25) is 0 Å². The Morgan fingerprint density at radius 3 is 2.64 bits per heavy atom. The number of aliphatic hydroxyl groups excluding tert-OH is 1.